The number of nitrogens with one attached hydrogen (secondary N) is 1. The van der Waals surface area contributed by atoms with Crippen LogP contribution in [0.25, 0.3) is 0 Å². The molecule has 1 aliphatic carbocycles. The molecular weight excluding hydrogens is 224 g/mol. The van der Waals surface area contributed by atoms with Gasteiger partial charge in [0.05, 0.1) is 5.69 Å². The van der Waals surface area contributed by atoms with Crippen LogP contribution in [-0.4, -0.2) is 29.4 Å². The van der Waals surface area contributed by atoms with E-state index in [0.29, 0.717) is 5.92 Å². The molecule has 0 spiro atoms. The molecule has 1 aromatic rings. The Labute approximate surface area is 110 Å². The van der Waals surface area contributed by atoms with Gasteiger partial charge in [-0.05, 0) is 25.7 Å². The van der Waals surface area contributed by atoms with Crippen LogP contribution in [0.3, 0.4) is 0 Å². The Hall–Kier alpha value is -1.03. The maximum atomic E-state index is 4.57. The number of anilines is 1. The van der Waals surface area contributed by atoms with Crippen molar-refractivity contribution >= 4 is 5.82 Å². The van der Waals surface area contributed by atoms with Crippen molar-refractivity contribution < 1.29 is 0 Å². The van der Waals surface area contributed by atoms with E-state index in [-0.39, 0.29) is 0 Å². The van der Waals surface area contributed by atoms with Gasteiger partial charge in [0.2, 0.25) is 0 Å². The van der Waals surface area contributed by atoms with Gasteiger partial charge >= 0.3 is 0 Å². The SMILES string of the molecule is Cc1nn(C)c(N(C)CC(C)C)c1CNC1CC1. The largest absolute Gasteiger partial charge is 0.359 e. The average Bonchev–Trinajstić information content (AvgIpc) is 3.01. The standard InChI is InChI=1S/C14H26N4/c1-10(2)9-17(4)14-13(8-15-12-6-7-12)11(3)16-18(14)5/h10,12,15H,6-9H2,1-5H3. The van der Waals surface area contributed by atoms with Crippen molar-refractivity contribution in [2.75, 3.05) is 18.5 Å². The van der Waals surface area contributed by atoms with E-state index in [1.54, 1.807) is 0 Å². The third kappa shape index (κ3) is 3.05. The molecule has 0 amide bonds. The topological polar surface area (TPSA) is 33.1 Å². The van der Waals surface area contributed by atoms with Crippen molar-refractivity contribution in [2.24, 2.45) is 13.0 Å². The Morgan fingerprint density at radius 1 is 1.44 bits per heavy atom. The molecule has 0 saturated heterocycles. The number of hydrogen-bond acceptors (Lipinski definition) is 3. The molecule has 0 aliphatic heterocycles. The van der Waals surface area contributed by atoms with Crippen molar-refractivity contribution in [2.45, 2.75) is 46.2 Å². The van der Waals surface area contributed by atoms with Gasteiger partial charge in [-0.15, -0.1) is 0 Å². The molecule has 102 valence electrons. The lowest BCUT2D eigenvalue weighted by molar-refractivity contribution is 0.615. The van der Waals surface area contributed by atoms with Gasteiger partial charge in [-0.1, -0.05) is 13.8 Å². The number of aryl methyl sites for hydroxylation is 2. The van der Waals surface area contributed by atoms with Crippen LogP contribution in [0.15, 0.2) is 0 Å². The highest BCUT2D eigenvalue weighted by Gasteiger charge is 2.23. The number of nitrogens with zero attached hydrogens (tertiary/aromatic N) is 3. The predicted molar refractivity (Wildman–Crippen MR) is 75.9 cm³/mol. The minimum atomic E-state index is 0.662. The van der Waals surface area contributed by atoms with E-state index >= 15 is 0 Å². The molecule has 2 rings (SSSR count). The summed E-state index contributed by atoms with van der Waals surface area (Å²) in [6.45, 7) is 8.62. The van der Waals surface area contributed by atoms with Gasteiger partial charge in [-0.2, -0.15) is 5.10 Å². The summed E-state index contributed by atoms with van der Waals surface area (Å²) in [5.74, 6) is 1.92. The van der Waals surface area contributed by atoms with Crippen molar-refractivity contribution in [3.8, 4) is 0 Å². The molecule has 1 aliphatic rings. The second-order valence-electron chi connectivity index (χ2n) is 5.94. The molecule has 1 N–H and O–H groups in total. The molecule has 0 atom stereocenters. The number of rotatable bonds is 6. The summed E-state index contributed by atoms with van der Waals surface area (Å²) in [6, 6.07) is 0.743. The first-order chi connectivity index (χ1) is 8.49. The maximum absolute atomic E-state index is 4.57. The zero-order chi connectivity index (χ0) is 13.3. The zero-order valence-corrected chi connectivity index (χ0v) is 12.3. The fraction of sp³-hybridized carbons (Fsp3) is 0.786. The normalized spacial score (nSPS) is 15.4. The van der Waals surface area contributed by atoms with E-state index in [9.17, 15) is 0 Å². The lowest BCUT2D eigenvalue weighted by Crippen LogP contribution is -2.27. The molecule has 1 aromatic heterocycles. The van der Waals surface area contributed by atoms with E-state index < -0.39 is 0 Å². The highest BCUT2D eigenvalue weighted by Crippen LogP contribution is 2.25. The summed E-state index contributed by atoms with van der Waals surface area (Å²) in [6.07, 6.45) is 2.66. The highest BCUT2D eigenvalue weighted by atomic mass is 15.4. The molecule has 4 nitrogen and oxygen atoms in total. The lowest BCUT2D eigenvalue weighted by Gasteiger charge is -2.23. The smallest absolute Gasteiger partial charge is 0.131 e. The highest BCUT2D eigenvalue weighted by molar-refractivity contribution is 5.49. The summed E-state index contributed by atoms with van der Waals surface area (Å²) < 4.78 is 2.02. The molecular formula is C14H26N4. The average molecular weight is 250 g/mol. The number of aromatic nitrogens is 2. The first kappa shape index (κ1) is 13.4. The minimum absolute atomic E-state index is 0.662. The molecule has 1 heterocycles. The quantitative estimate of drug-likeness (QED) is 0.839. The Morgan fingerprint density at radius 3 is 2.67 bits per heavy atom. The van der Waals surface area contributed by atoms with Crippen molar-refractivity contribution in [1.82, 2.24) is 15.1 Å². The van der Waals surface area contributed by atoms with Crippen molar-refractivity contribution in [3.05, 3.63) is 11.3 Å². The summed E-state index contributed by atoms with van der Waals surface area (Å²) in [7, 11) is 4.21. The Bertz CT molecular complexity index is 404. The molecule has 4 heteroatoms. The predicted octanol–water partition coefficient (Wildman–Crippen LogP) is 2.07. The van der Waals surface area contributed by atoms with E-state index in [0.717, 1.165) is 24.8 Å². The zero-order valence-electron chi connectivity index (χ0n) is 12.3. The fourth-order valence-corrected chi connectivity index (χ4v) is 2.54. The van der Waals surface area contributed by atoms with E-state index in [2.05, 4.69) is 43.1 Å². The fourth-order valence-electron chi connectivity index (χ4n) is 2.54. The molecule has 1 fully saturated rings. The van der Waals surface area contributed by atoms with Gasteiger partial charge in [0, 0.05) is 38.8 Å². The summed E-state index contributed by atoms with van der Waals surface area (Å²) >= 11 is 0. The van der Waals surface area contributed by atoms with Crippen LogP contribution in [-0.2, 0) is 13.6 Å². The summed E-state index contributed by atoms with van der Waals surface area (Å²) in [5, 5.41) is 8.17. The monoisotopic (exact) mass is 250 g/mol. The van der Waals surface area contributed by atoms with E-state index in [1.807, 2.05) is 11.7 Å². The molecule has 0 radical (unpaired) electrons. The maximum Gasteiger partial charge on any atom is 0.131 e. The first-order valence-corrected chi connectivity index (χ1v) is 6.96. The van der Waals surface area contributed by atoms with E-state index in [4.69, 9.17) is 0 Å². The van der Waals surface area contributed by atoms with E-state index in [1.165, 1.54) is 24.2 Å². The summed E-state index contributed by atoms with van der Waals surface area (Å²) in [5.41, 5.74) is 2.50. The van der Waals surface area contributed by atoms with Crippen molar-refractivity contribution in [3.63, 3.8) is 0 Å². The van der Waals surface area contributed by atoms with Gasteiger partial charge in [-0.3, -0.25) is 4.68 Å². The van der Waals surface area contributed by atoms with Gasteiger partial charge in [-0.25, -0.2) is 0 Å². The number of hydrogen-bond donors (Lipinski definition) is 1. The molecule has 0 bridgehead atoms. The third-order valence-electron chi connectivity index (χ3n) is 3.46. The van der Waals surface area contributed by atoms with Gasteiger partial charge in [0.25, 0.3) is 0 Å². The second-order valence-corrected chi connectivity index (χ2v) is 5.94. The first-order valence-electron chi connectivity index (χ1n) is 6.96. The molecule has 18 heavy (non-hydrogen) atoms. The second kappa shape index (κ2) is 5.31. The minimum Gasteiger partial charge on any atom is -0.359 e. The Kier molecular flexibility index (Phi) is 3.95. The van der Waals surface area contributed by atoms with Crippen molar-refractivity contribution in [1.29, 1.82) is 0 Å². The van der Waals surface area contributed by atoms with Gasteiger partial charge < -0.3 is 10.2 Å². The van der Waals surface area contributed by atoms with Crippen LogP contribution in [0.5, 0.6) is 0 Å². The molecule has 0 unspecified atom stereocenters. The van der Waals surface area contributed by atoms with Gasteiger partial charge in [0.15, 0.2) is 0 Å². The van der Waals surface area contributed by atoms with Crippen LogP contribution < -0.4 is 10.2 Å². The van der Waals surface area contributed by atoms with Crippen LogP contribution in [0.4, 0.5) is 5.82 Å². The Balaban J connectivity index is 2.14. The lowest BCUT2D eigenvalue weighted by atomic mass is 10.2. The summed E-state index contributed by atoms with van der Waals surface area (Å²) in [4.78, 5) is 2.33. The Morgan fingerprint density at radius 2 is 2.11 bits per heavy atom. The van der Waals surface area contributed by atoms with Gasteiger partial charge in [0.1, 0.15) is 5.82 Å². The molecule has 0 aromatic carbocycles. The van der Waals surface area contributed by atoms with Crippen LogP contribution in [0, 0.1) is 12.8 Å². The third-order valence-corrected chi connectivity index (χ3v) is 3.46. The van der Waals surface area contributed by atoms with Crippen LogP contribution in [0.2, 0.25) is 0 Å². The van der Waals surface area contributed by atoms with Crippen LogP contribution >= 0.6 is 0 Å². The van der Waals surface area contributed by atoms with Crippen LogP contribution in [0.1, 0.15) is 37.9 Å². The molecule has 1 saturated carbocycles.